The molecule has 0 aliphatic rings. The van der Waals surface area contributed by atoms with Crippen molar-refractivity contribution in [3.05, 3.63) is 88.9 Å². The Morgan fingerprint density at radius 2 is 1.55 bits per heavy atom. The van der Waals surface area contributed by atoms with E-state index in [0.717, 1.165) is 9.87 Å². The molecule has 162 valence electrons. The minimum absolute atomic E-state index is 0.00148. The Balaban J connectivity index is 2.14. The van der Waals surface area contributed by atoms with Crippen LogP contribution in [0.2, 0.25) is 5.02 Å². The minimum atomic E-state index is -4.19. The molecule has 1 amide bonds. The zero-order valence-electron chi connectivity index (χ0n) is 17.8. The molecule has 3 rings (SSSR count). The molecular weight excluding hydrogens is 434 g/mol. The molecule has 0 saturated carbocycles. The molecule has 0 fully saturated rings. The molecular formula is C24H24ClNO4S. The highest BCUT2D eigenvalue weighted by Crippen LogP contribution is 2.33. The van der Waals surface area contributed by atoms with Gasteiger partial charge in [-0.2, -0.15) is 4.31 Å². The predicted molar refractivity (Wildman–Crippen MR) is 124 cm³/mol. The average Bonchev–Trinajstić information content (AvgIpc) is 2.74. The van der Waals surface area contributed by atoms with Gasteiger partial charge in [0.25, 0.3) is 15.9 Å². The van der Waals surface area contributed by atoms with Crippen molar-refractivity contribution in [2.75, 3.05) is 11.4 Å². The summed E-state index contributed by atoms with van der Waals surface area (Å²) in [5.74, 6) is -0.296. The fraction of sp³-hybridized carbons (Fsp3) is 0.208. The molecule has 0 saturated heterocycles. The number of amides is 1. The van der Waals surface area contributed by atoms with Crippen LogP contribution in [0.25, 0.3) is 0 Å². The van der Waals surface area contributed by atoms with E-state index in [-0.39, 0.29) is 26.6 Å². The Bertz CT molecular complexity index is 1180. The second-order valence-corrected chi connectivity index (χ2v) is 10.2. The van der Waals surface area contributed by atoms with E-state index in [1.54, 1.807) is 30.3 Å². The lowest BCUT2D eigenvalue weighted by atomic mass is 9.87. The fourth-order valence-corrected chi connectivity index (χ4v) is 4.75. The van der Waals surface area contributed by atoms with Crippen LogP contribution in [-0.4, -0.2) is 21.4 Å². The van der Waals surface area contributed by atoms with Gasteiger partial charge < -0.3 is 4.74 Å². The largest absolute Gasteiger partial charge is 0.495 e. The zero-order chi connectivity index (χ0) is 22.8. The van der Waals surface area contributed by atoms with Gasteiger partial charge in [-0.05, 0) is 53.4 Å². The third-order valence-electron chi connectivity index (χ3n) is 4.83. The van der Waals surface area contributed by atoms with Crippen LogP contribution in [0, 0.1) is 0 Å². The number of rotatable bonds is 5. The number of hydrogen-bond donors (Lipinski definition) is 0. The SMILES string of the molecule is COc1ccc(N(C(=O)c2ccc(C(C)(C)C)cc2)S(=O)(=O)c2ccccc2)cc1Cl. The number of methoxy groups -OCH3 is 1. The second kappa shape index (κ2) is 8.73. The van der Waals surface area contributed by atoms with Crippen molar-refractivity contribution in [3.8, 4) is 5.75 Å². The van der Waals surface area contributed by atoms with E-state index >= 15 is 0 Å². The molecule has 0 aliphatic carbocycles. The van der Waals surface area contributed by atoms with E-state index in [1.807, 2.05) is 12.1 Å². The monoisotopic (exact) mass is 457 g/mol. The maximum absolute atomic E-state index is 13.5. The van der Waals surface area contributed by atoms with Crippen molar-refractivity contribution in [2.45, 2.75) is 31.1 Å². The summed E-state index contributed by atoms with van der Waals surface area (Å²) in [4.78, 5) is 13.5. The molecule has 0 spiro atoms. The Labute approximate surface area is 188 Å². The van der Waals surface area contributed by atoms with Gasteiger partial charge in [-0.3, -0.25) is 4.79 Å². The molecule has 5 nitrogen and oxygen atoms in total. The van der Waals surface area contributed by atoms with Gasteiger partial charge in [-0.15, -0.1) is 0 Å². The first-order valence-corrected chi connectivity index (χ1v) is 11.5. The van der Waals surface area contributed by atoms with Crippen molar-refractivity contribution in [3.63, 3.8) is 0 Å². The molecule has 3 aromatic carbocycles. The quantitative estimate of drug-likeness (QED) is 0.494. The lowest BCUT2D eigenvalue weighted by Crippen LogP contribution is -2.37. The highest BCUT2D eigenvalue weighted by molar-refractivity contribution is 7.93. The van der Waals surface area contributed by atoms with Crippen LogP contribution in [0.5, 0.6) is 5.75 Å². The lowest BCUT2D eigenvalue weighted by Gasteiger charge is -2.24. The van der Waals surface area contributed by atoms with Gasteiger partial charge in [-0.1, -0.05) is 62.7 Å². The fourth-order valence-electron chi connectivity index (χ4n) is 3.07. The first-order chi connectivity index (χ1) is 14.6. The van der Waals surface area contributed by atoms with Gasteiger partial charge in [0.05, 0.1) is 22.7 Å². The topological polar surface area (TPSA) is 63.7 Å². The van der Waals surface area contributed by atoms with Crippen LogP contribution >= 0.6 is 11.6 Å². The van der Waals surface area contributed by atoms with Crippen molar-refractivity contribution < 1.29 is 17.9 Å². The summed E-state index contributed by atoms with van der Waals surface area (Å²) in [5.41, 5.74) is 1.31. The van der Waals surface area contributed by atoms with Crippen LogP contribution in [0.15, 0.2) is 77.7 Å². The van der Waals surface area contributed by atoms with Crippen LogP contribution in [-0.2, 0) is 15.4 Å². The van der Waals surface area contributed by atoms with Crippen LogP contribution < -0.4 is 9.04 Å². The van der Waals surface area contributed by atoms with Crippen LogP contribution in [0.1, 0.15) is 36.7 Å². The van der Waals surface area contributed by atoms with E-state index in [2.05, 4.69) is 20.8 Å². The summed E-state index contributed by atoms with van der Waals surface area (Å²) in [6.07, 6.45) is 0. The number of carbonyl (C=O) groups is 1. The molecule has 0 aromatic heterocycles. The Kier molecular flexibility index (Phi) is 6.43. The minimum Gasteiger partial charge on any atom is -0.495 e. The van der Waals surface area contributed by atoms with E-state index in [4.69, 9.17) is 16.3 Å². The highest BCUT2D eigenvalue weighted by Gasteiger charge is 2.32. The molecule has 0 heterocycles. The number of benzene rings is 3. The zero-order valence-corrected chi connectivity index (χ0v) is 19.4. The van der Waals surface area contributed by atoms with Gasteiger partial charge in [0.2, 0.25) is 0 Å². The number of carbonyl (C=O) groups excluding carboxylic acids is 1. The number of ether oxygens (including phenoxy) is 1. The van der Waals surface area contributed by atoms with Gasteiger partial charge in [0, 0.05) is 5.56 Å². The van der Waals surface area contributed by atoms with Crippen molar-refractivity contribution in [2.24, 2.45) is 0 Å². The molecule has 0 radical (unpaired) electrons. The van der Waals surface area contributed by atoms with Gasteiger partial charge in [-0.25, -0.2) is 8.42 Å². The molecule has 0 aliphatic heterocycles. The first kappa shape index (κ1) is 22.8. The molecule has 0 unspecified atom stereocenters. The highest BCUT2D eigenvalue weighted by atomic mass is 35.5. The Hall–Kier alpha value is -2.83. The number of sulfonamides is 1. The molecule has 7 heteroatoms. The summed E-state index contributed by atoms with van der Waals surface area (Å²) < 4.78 is 32.9. The summed E-state index contributed by atoms with van der Waals surface area (Å²) in [7, 11) is -2.73. The standard InChI is InChI=1S/C24H24ClNO4S/c1-24(2,3)18-12-10-17(11-13-18)23(27)26(19-14-15-22(30-4)21(25)16-19)31(28,29)20-8-6-5-7-9-20/h5-16H,1-4H3. The number of anilines is 1. The predicted octanol–water partition coefficient (Wildman–Crippen LogP) is 5.68. The Morgan fingerprint density at radius 1 is 0.935 bits per heavy atom. The summed E-state index contributed by atoms with van der Waals surface area (Å²) in [5, 5.41) is 0.198. The Morgan fingerprint density at radius 3 is 2.06 bits per heavy atom. The molecule has 0 atom stereocenters. The molecule has 0 N–H and O–H groups in total. The van der Waals surface area contributed by atoms with Crippen LogP contribution in [0.3, 0.4) is 0 Å². The van der Waals surface area contributed by atoms with E-state index < -0.39 is 15.9 Å². The van der Waals surface area contributed by atoms with E-state index in [1.165, 1.54) is 37.4 Å². The normalized spacial score (nSPS) is 11.8. The molecule has 3 aromatic rings. The summed E-state index contributed by atoms with van der Waals surface area (Å²) in [6.45, 7) is 6.19. The third-order valence-corrected chi connectivity index (χ3v) is 6.85. The summed E-state index contributed by atoms with van der Waals surface area (Å²) in [6, 6.07) is 19.2. The maximum Gasteiger partial charge on any atom is 0.272 e. The number of halogens is 1. The third kappa shape index (κ3) is 4.75. The van der Waals surface area contributed by atoms with Crippen molar-refractivity contribution in [1.29, 1.82) is 0 Å². The van der Waals surface area contributed by atoms with Crippen LogP contribution in [0.4, 0.5) is 5.69 Å². The maximum atomic E-state index is 13.5. The molecule has 0 bridgehead atoms. The first-order valence-electron chi connectivity index (χ1n) is 9.64. The smallest absolute Gasteiger partial charge is 0.272 e. The van der Waals surface area contributed by atoms with Gasteiger partial charge in [0.15, 0.2) is 0 Å². The average molecular weight is 458 g/mol. The number of nitrogens with zero attached hydrogens (tertiary/aromatic N) is 1. The van der Waals surface area contributed by atoms with E-state index in [0.29, 0.717) is 5.75 Å². The van der Waals surface area contributed by atoms with Crippen molar-refractivity contribution >= 4 is 33.2 Å². The van der Waals surface area contributed by atoms with Crippen molar-refractivity contribution in [1.82, 2.24) is 0 Å². The van der Waals surface area contributed by atoms with Gasteiger partial charge >= 0.3 is 0 Å². The number of hydrogen-bond acceptors (Lipinski definition) is 4. The molecule has 31 heavy (non-hydrogen) atoms. The second-order valence-electron chi connectivity index (χ2n) is 8.03. The van der Waals surface area contributed by atoms with Gasteiger partial charge in [0.1, 0.15) is 5.75 Å². The lowest BCUT2D eigenvalue weighted by molar-refractivity contribution is 0.101. The van der Waals surface area contributed by atoms with E-state index in [9.17, 15) is 13.2 Å². The summed E-state index contributed by atoms with van der Waals surface area (Å²) >= 11 is 6.23.